The third kappa shape index (κ3) is 13.6. The zero-order valence-corrected chi connectivity index (χ0v) is 40.5. The first-order valence-corrected chi connectivity index (χ1v) is 25.4. The van der Waals surface area contributed by atoms with Crippen LogP contribution in [0.3, 0.4) is 0 Å². The van der Waals surface area contributed by atoms with E-state index in [1.165, 1.54) is 0 Å². The van der Waals surface area contributed by atoms with Crippen LogP contribution in [-0.2, 0) is 52.2 Å². The molecule has 0 heterocycles. The maximum atomic E-state index is 13.8. The van der Waals surface area contributed by atoms with Crippen LogP contribution in [0.4, 0.5) is 11.4 Å². The average Bonchev–Trinajstić information content (AvgIpc) is 3.27. The van der Waals surface area contributed by atoms with E-state index in [9.17, 15) is 36.6 Å². The molecule has 4 N–H and O–H groups in total. The van der Waals surface area contributed by atoms with Gasteiger partial charge in [-0.3, -0.25) is 9.44 Å². The predicted octanol–water partition coefficient (Wildman–Crippen LogP) is 12.3. The minimum absolute atomic E-state index is 0.0495. The molecule has 348 valence electrons. The Morgan fingerprint density at radius 3 is 1.33 bits per heavy atom. The Morgan fingerprint density at radius 1 is 0.485 bits per heavy atom. The number of hydrogen-bond donors (Lipinski definition) is 4. The van der Waals surface area contributed by atoms with Crippen molar-refractivity contribution in [2.45, 2.75) is 115 Å². The van der Waals surface area contributed by atoms with Gasteiger partial charge in [-0.15, -0.1) is 0 Å². The maximum Gasteiger partial charge on any atom is 0.335 e. The van der Waals surface area contributed by atoms with Gasteiger partial charge in [-0.05, 0) is 143 Å². The molecule has 0 aliphatic heterocycles. The molecule has 0 aromatic heterocycles. The Bertz CT molecular complexity index is 2820. The van der Waals surface area contributed by atoms with Crippen LogP contribution in [0.25, 0.3) is 0 Å². The van der Waals surface area contributed by atoms with Gasteiger partial charge >= 0.3 is 11.9 Å². The van der Waals surface area contributed by atoms with Crippen molar-refractivity contribution in [2.24, 2.45) is 0 Å². The molecule has 6 aromatic rings. The summed E-state index contributed by atoms with van der Waals surface area (Å²) < 4.78 is 58.4. The summed E-state index contributed by atoms with van der Waals surface area (Å²) in [6, 6.07) is 39.4. The smallest absolute Gasteiger partial charge is 0.335 e. The summed E-state index contributed by atoms with van der Waals surface area (Å²) in [5.41, 5.74) is 8.85. The summed E-state index contributed by atoms with van der Waals surface area (Å²) >= 11 is 0. The lowest BCUT2D eigenvalue weighted by Crippen LogP contribution is -2.19. The van der Waals surface area contributed by atoms with Gasteiger partial charge in [0.05, 0.1) is 20.9 Å². The van der Waals surface area contributed by atoms with Crippen molar-refractivity contribution >= 4 is 43.4 Å². The zero-order valence-electron chi connectivity index (χ0n) is 38.8. The molecule has 0 radical (unpaired) electrons. The molecular weight excluding hydrogens is 869 g/mol. The topological polar surface area (TPSA) is 167 Å². The third-order valence-corrected chi connectivity index (χ3v) is 14.3. The third-order valence-electron chi connectivity index (χ3n) is 11.3. The highest BCUT2D eigenvalue weighted by molar-refractivity contribution is 7.93. The fraction of sp³-hybridized carbons (Fsp3) is 0.296. The molecule has 0 aliphatic carbocycles. The maximum absolute atomic E-state index is 13.8. The number of nitrogens with one attached hydrogen (secondary N) is 2. The van der Waals surface area contributed by atoms with E-state index >= 15 is 0 Å². The normalized spacial score (nSPS) is 11.6. The summed E-state index contributed by atoms with van der Waals surface area (Å²) in [7, 11) is -7.51. The standard InChI is InChI=1S/C30H37NO4S.C24H25NO4S/c1-19(2)24-17-27(20(3)4)29(28(18-24)21(5)6)36(34,35)31-25-12-9-10-22(16-25)14-15-23-11-7-8-13-26(23)30(32)33;1-2-6-18-12-15-22(16-13-18)30(28,29)25-21-9-5-7-19(17-21)11-14-20-8-3-4-10-23(20)24(26)27/h7-13,16-21,31H,14-15H2,1-6H3,(H,32,33);3-5,7-10,12-13,15-17,25H,2,6,11,14H2,1H3,(H,26,27). The van der Waals surface area contributed by atoms with Gasteiger partial charge in [0, 0.05) is 11.4 Å². The van der Waals surface area contributed by atoms with Crippen LogP contribution in [0.5, 0.6) is 0 Å². The number of carboxylic acid groups (broad SMARTS) is 2. The lowest BCUT2D eigenvalue weighted by atomic mass is 9.89. The Balaban J connectivity index is 0.000000251. The van der Waals surface area contributed by atoms with Gasteiger partial charge in [0.15, 0.2) is 0 Å². The van der Waals surface area contributed by atoms with E-state index in [4.69, 9.17) is 0 Å². The molecule has 0 fully saturated rings. The highest BCUT2D eigenvalue weighted by Crippen LogP contribution is 2.36. The van der Waals surface area contributed by atoms with Gasteiger partial charge in [-0.1, -0.05) is 140 Å². The molecule has 10 nitrogen and oxygen atoms in total. The number of benzene rings is 6. The quantitative estimate of drug-likeness (QED) is 0.0623. The van der Waals surface area contributed by atoms with Crippen LogP contribution >= 0.6 is 0 Å². The van der Waals surface area contributed by atoms with Crippen LogP contribution in [0.15, 0.2) is 143 Å². The summed E-state index contributed by atoms with van der Waals surface area (Å²) in [5.74, 6) is -1.50. The highest BCUT2D eigenvalue weighted by atomic mass is 32.2. The molecule has 0 bridgehead atoms. The molecule has 66 heavy (non-hydrogen) atoms. The number of carboxylic acids is 2. The molecule has 0 saturated heterocycles. The van der Waals surface area contributed by atoms with E-state index in [0.717, 1.165) is 57.3 Å². The molecule has 6 rings (SSSR count). The lowest BCUT2D eigenvalue weighted by molar-refractivity contribution is 0.0684. The molecule has 6 aromatic carbocycles. The van der Waals surface area contributed by atoms with Crippen molar-refractivity contribution in [1.82, 2.24) is 0 Å². The Hall–Kier alpha value is -6.24. The van der Waals surface area contributed by atoms with Crippen molar-refractivity contribution in [2.75, 3.05) is 9.44 Å². The molecule has 0 amide bonds. The van der Waals surface area contributed by atoms with E-state index in [-0.39, 0.29) is 16.7 Å². The minimum atomic E-state index is -3.84. The minimum Gasteiger partial charge on any atom is -0.478 e. The van der Waals surface area contributed by atoms with Crippen molar-refractivity contribution in [3.05, 3.63) is 189 Å². The molecule has 12 heteroatoms. The van der Waals surface area contributed by atoms with E-state index in [0.29, 0.717) is 59.0 Å². The highest BCUT2D eigenvalue weighted by Gasteiger charge is 2.27. The van der Waals surface area contributed by atoms with Crippen LogP contribution in [0.1, 0.15) is 138 Å². The van der Waals surface area contributed by atoms with Crippen molar-refractivity contribution in [3.63, 3.8) is 0 Å². The second-order valence-corrected chi connectivity index (χ2v) is 20.7. The monoisotopic (exact) mass is 930 g/mol. The second kappa shape index (κ2) is 22.8. The molecular formula is C54H62N2O8S2. The number of sulfonamides is 2. The average molecular weight is 931 g/mol. The van der Waals surface area contributed by atoms with Crippen molar-refractivity contribution in [3.8, 4) is 0 Å². The molecule has 0 atom stereocenters. The molecule has 0 aliphatic rings. The van der Waals surface area contributed by atoms with Gasteiger partial charge in [0.1, 0.15) is 0 Å². The number of hydrogen-bond acceptors (Lipinski definition) is 6. The molecule has 0 saturated carbocycles. The van der Waals surface area contributed by atoms with Gasteiger partial charge in [-0.25, -0.2) is 26.4 Å². The van der Waals surface area contributed by atoms with Gasteiger partial charge in [0.25, 0.3) is 20.0 Å². The van der Waals surface area contributed by atoms with E-state index < -0.39 is 32.0 Å². The first-order chi connectivity index (χ1) is 31.3. The number of aromatic carboxylic acids is 2. The van der Waals surface area contributed by atoms with E-state index in [1.54, 1.807) is 66.7 Å². The number of carbonyl (C=O) groups is 2. The van der Waals surface area contributed by atoms with E-state index in [1.807, 2.05) is 94.4 Å². The first-order valence-electron chi connectivity index (χ1n) is 22.4. The van der Waals surface area contributed by atoms with Crippen molar-refractivity contribution in [1.29, 1.82) is 0 Å². The molecule has 0 unspecified atom stereocenters. The van der Waals surface area contributed by atoms with E-state index in [2.05, 4.69) is 30.2 Å². The summed E-state index contributed by atoms with van der Waals surface area (Å²) in [6.45, 7) is 14.4. The van der Waals surface area contributed by atoms with Crippen LogP contribution in [-0.4, -0.2) is 39.0 Å². The van der Waals surface area contributed by atoms with Crippen LogP contribution in [0.2, 0.25) is 0 Å². The number of aryl methyl sites for hydroxylation is 5. The number of rotatable bonds is 19. The summed E-state index contributed by atoms with van der Waals surface area (Å²) in [6.07, 6.45) is 4.22. The first kappa shape index (κ1) is 50.8. The Kier molecular flexibility index (Phi) is 17.5. The van der Waals surface area contributed by atoms with Gasteiger partial charge < -0.3 is 10.2 Å². The second-order valence-electron chi connectivity index (χ2n) is 17.4. The Labute approximate surface area is 391 Å². The van der Waals surface area contributed by atoms with Crippen LogP contribution in [0, 0.1) is 0 Å². The van der Waals surface area contributed by atoms with Crippen molar-refractivity contribution < 1.29 is 36.6 Å². The fourth-order valence-electron chi connectivity index (χ4n) is 7.78. The number of anilines is 2. The fourth-order valence-corrected chi connectivity index (χ4v) is 10.6. The van der Waals surface area contributed by atoms with Gasteiger partial charge in [0.2, 0.25) is 0 Å². The molecule has 0 spiro atoms. The Morgan fingerprint density at radius 2 is 0.924 bits per heavy atom. The predicted molar refractivity (Wildman–Crippen MR) is 265 cm³/mol. The largest absolute Gasteiger partial charge is 0.478 e. The summed E-state index contributed by atoms with van der Waals surface area (Å²) in [4.78, 5) is 23.5. The zero-order chi connectivity index (χ0) is 48.2. The lowest BCUT2D eigenvalue weighted by Gasteiger charge is -2.23. The van der Waals surface area contributed by atoms with Gasteiger partial charge in [-0.2, -0.15) is 0 Å². The SMILES string of the molecule is CC(C)c1cc(C(C)C)c(S(=O)(=O)Nc2cccc(CCc3ccccc3C(=O)O)c2)c(C(C)C)c1.CCCc1ccc(S(=O)(=O)Nc2cccc(CCc3ccccc3C(=O)O)c2)cc1. The summed E-state index contributed by atoms with van der Waals surface area (Å²) in [5, 5.41) is 18.7. The van der Waals surface area contributed by atoms with Crippen LogP contribution < -0.4 is 9.44 Å².